The van der Waals surface area contributed by atoms with Gasteiger partial charge in [-0.05, 0) is 26.7 Å². The Labute approximate surface area is 97.1 Å². The Morgan fingerprint density at radius 1 is 1.44 bits per heavy atom. The van der Waals surface area contributed by atoms with Gasteiger partial charge in [0, 0.05) is 19.1 Å². The van der Waals surface area contributed by atoms with E-state index in [1.807, 2.05) is 13.8 Å². The molecule has 2 rings (SSSR count). The lowest BCUT2D eigenvalue weighted by Crippen LogP contribution is -2.61. The highest BCUT2D eigenvalue weighted by molar-refractivity contribution is 5.80. The van der Waals surface area contributed by atoms with Gasteiger partial charge in [0.15, 0.2) is 0 Å². The number of nitrogens with one attached hydrogen (secondary N) is 2. The first kappa shape index (κ1) is 11.9. The number of ether oxygens (including phenoxy) is 1. The van der Waals surface area contributed by atoms with E-state index >= 15 is 0 Å². The quantitative estimate of drug-likeness (QED) is 0.746. The molecule has 92 valence electrons. The molecule has 1 aliphatic carbocycles. The SMILES string of the molecule is CC(OC1(C)CNC1)C(=O)NC1CCCC1. The zero-order valence-corrected chi connectivity index (χ0v) is 10.2. The monoisotopic (exact) mass is 226 g/mol. The standard InChI is InChI=1S/C12H22N2O2/c1-9(16-12(2)7-13-8-12)11(15)14-10-5-3-4-6-10/h9-10,13H,3-8H2,1-2H3,(H,14,15). The first-order valence-corrected chi connectivity index (χ1v) is 6.28. The van der Waals surface area contributed by atoms with Gasteiger partial charge in [0.05, 0.1) is 5.60 Å². The van der Waals surface area contributed by atoms with Crippen LogP contribution >= 0.6 is 0 Å². The topological polar surface area (TPSA) is 50.4 Å². The van der Waals surface area contributed by atoms with Gasteiger partial charge in [-0.2, -0.15) is 0 Å². The van der Waals surface area contributed by atoms with Gasteiger partial charge in [0.1, 0.15) is 6.10 Å². The third-order valence-electron chi connectivity index (χ3n) is 3.53. The molecule has 1 amide bonds. The van der Waals surface area contributed by atoms with E-state index in [0.29, 0.717) is 6.04 Å². The van der Waals surface area contributed by atoms with Crippen molar-refractivity contribution < 1.29 is 9.53 Å². The molecule has 4 heteroatoms. The zero-order chi connectivity index (χ0) is 11.6. The van der Waals surface area contributed by atoms with Crippen molar-refractivity contribution in [2.45, 2.75) is 57.3 Å². The molecule has 2 aliphatic rings. The number of amides is 1. The van der Waals surface area contributed by atoms with Crippen molar-refractivity contribution in [1.82, 2.24) is 10.6 Å². The highest BCUT2D eigenvalue weighted by atomic mass is 16.5. The zero-order valence-electron chi connectivity index (χ0n) is 10.2. The van der Waals surface area contributed by atoms with Crippen molar-refractivity contribution in [1.29, 1.82) is 0 Å². The van der Waals surface area contributed by atoms with Gasteiger partial charge in [-0.25, -0.2) is 0 Å². The maximum atomic E-state index is 11.9. The van der Waals surface area contributed by atoms with E-state index in [2.05, 4.69) is 10.6 Å². The summed E-state index contributed by atoms with van der Waals surface area (Å²) in [4.78, 5) is 11.9. The van der Waals surface area contributed by atoms with E-state index in [1.54, 1.807) is 0 Å². The number of rotatable bonds is 4. The summed E-state index contributed by atoms with van der Waals surface area (Å²) < 4.78 is 5.77. The molecule has 4 nitrogen and oxygen atoms in total. The van der Waals surface area contributed by atoms with E-state index in [-0.39, 0.29) is 17.6 Å². The fourth-order valence-corrected chi connectivity index (χ4v) is 2.43. The molecule has 0 bridgehead atoms. The number of hydrogen-bond acceptors (Lipinski definition) is 3. The van der Waals surface area contributed by atoms with Crippen molar-refractivity contribution in [3.8, 4) is 0 Å². The average Bonchev–Trinajstić information content (AvgIpc) is 2.68. The van der Waals surface area contributed by atoms with Crippen molar-refractivity contribution >= 4 is 5.91 Å². The van der Waals surface area contributed by atoms with Gasteiger partial charge < -0.3 is 15.4 Å². The van der Waals surface area contributed by atoms with Crippen LogP contribution in [0.3, 0.4) is 0 Å². The molecule has 0 aromatic rings. The average molecular weight is 226 g/mol. The summed E-state index contributed by atoms with van der Waals surface area (Å²) in [6.45, 7) is 5.57. The van der Waals surface area contributed by atoms with Gasteiger partial charge in [0.2, 0.25) is 5.91 Å². The molecule has 1 heterocycles. The molecule has 0 aromatic carbocycles. The first-order valence-electron chi connectivity index (χ1n) is 6.28. The highest BCUT2D eigenvalue weighted by Crippen LogP contribution is 2.20. The Morgan fingerprint density at radius 2 is 2.06 bits per heavy atom. The summed E-state index contributed by atoms with van der Waals surface area (Å²) >= 11 is 0. The highest BCUT2D eigenvalue weighted by Gasteiger charge is 2.36. The summed E-state index contributed by atoms with van der Waals surface area (Å²) in [5.41, 5.74) is -0.146. The summed E-state index contributed by atoms with van der Waals surface area (Å²) in [5.74, 6) is 0.0417. The van der Waals surface area contributed by atoms with Gasteiger partial charge in [0.25, 0.3) is 0 Å². The molecule has 2 fully saturated rings. The third kappa shape index (κ3) is 2.74. The Kier molecular flexibility index (Phi) is 3.50. The molecule has 1 aliphatic heterocycles. The lowest BCUT2D eigenvalue weighted by atomic mass is 10.00. The predicted molar refractivity (Wildman–Crippen MR) is 62.2 cm³/mol. The minimum Gasteiger partial charge on any atom is -0.360 e. The fraction of sp³-hybridized carbons (Fsp3) is 0.917. The molecular formula is C12H22N2O2. The molecule has 2 N–H and O–H groups in total. The van der Waals surface area contributed by atoms with Gasteiger partial charge in [-0.15, -0.1) is 0 Å². The lowest BCUT2D eigenvalue weighted by Gasteiger charge is -2.40. The largest absolute Gasteiger partial charge is 0.360 e. The van der Waals surface area contributed by atoms with Gasteiger partial charge in [-0.3, -0.25) is 4.79 Å². The Hall–Kier alpha value is -0.610. The van der Waals surface area contributed by atoms with E-state index in [1.165, 1.54) is 12.8 Å². The fourth-order valence-electron chi connectivity index (χ4n) is 2.43. The maximum absolute atomic E-state index is 11.9. The van der Waals surface area contributed by atoms with E-state index in [4.69, 9.17) is 4.74 Å². The Balaban J connectivity index is 1.75. The summed E-state index contributed by atoms with van der Waals surface area (Å²) in [7, 11) is 0. The Bertz CT molecular complexity index is 258. The van der Waals surface area contributed by atoms with E-state index in [0.717, 1.165) is 25.9 Å². The van der Waals surface area contributed by atoms with Crippen molar-refractivity contribution in [3.05, 3.63) is 0 Å². The maximum Gasteiger partial charge on any atom is 0.249 e. The summed E-state index contributed by atoms with van der Waals surface area (Å²) in [5, 5.41) is 6.23. The van der Waals surface area contributed by atoms with Crippen LogP contribution in [-0.4, -0.2) is 36.7 Å². The lowest BCUT2D eigenvalue weighted by molar-refractivity contribution is -0.150. The number of hydrogen-bond donors (Lipinski definition) is 2. The molecule has 1 saturated heterocycles. The minimum absolute atomic E-state index is 0.0417. The van der Waals surface area contributed by atoms with Gasteiger partial charge >= 0.3 is 0 Å². The van der Waals surface area contributed by atoms with Crippen LogP contribution in [0.15, 0.2) is 0 Å². The second-order valence-electron chi connectivity index (χ2n) is 5.30. The van der Waals surface area contributed by atoms with Crippen molar-refractivity contribution in [3.63, 3.8) is 0 Å². The summed E-state index contributed by atoms with van der Waals surface area (Å²) in [6.07, 6.45) is 4.38. The van der Waals surface area contributed by atoms with Crippen LogP contribution in [0.2, 0.25) is 0 Å². The Morgan fingerprint density at radius 3 is 2.56 bits per heavy atom. The third-order valence-corrected chi connectivity index (χ3v) is 3.53. The van der Waals surface area contributed by atoms with Crippen LogP contribution in [-0.2, 0) is 9.53 Å². The molecule has 16 heavy (non-hydrogen) atoms. The molecular weight excluding hydrogens is 204 g/mol. The van der Waals surface area contributed by atoms with Crippen LogP contribution < -0.4 is 10.6 Å². The molecule has 0 aromatic heterocycles. The molecule has 0 spiro atoms. The minimum atomic E-state index is -0.340. The van der Waals surface area contributed by atoms with Crippen molar-refractivity contribution in [2.75, 3.05) is 13.1 Å². The summed E-state index contributed by atoms with van der Waals surface area (Å²) in [6, 6.07) is 0.380. The predicted octanol–water partition coefficient (Wildman–Crippen LogP) is 0.812. The second kappa shape index (κ2) is 4.72. The van der Waals surface area contributed by atoms with E-state index < -0.39 is 0 Å². The van der Waals surface area contributed by atoms with E-state index in [9.17, 15) is 4.79 Å². The van der Waals surface area contributed by atoms with Crippen LogP contribution in [0.5, 0.6) is 0 Å². The van der Waals surface area contributed by atoms with Crippen molar-refractivity contribution in [2.24, 2.45) is 0 Å². The molecule has 0 radical (unpaired) electrons. The smallest absolute Gasteiger partial charge is 0.249 e. The van der Waals surface area contributed by atoms with Crippen LogP contribution in [0.1, 0.15) is 39.5 Å². The van der Waals surface area contributed by atoms with Crippen LogP contribution in [0.25, 0.3) is 0 Å². The number of carbonyl (C=O) groups excluding carboxylic acids is 1. The van der Waals surface area contributed by atoms with Crippen LogP contribution in [0.4, 0.5) is 0 Å². The molecule has 1 saturated carbocycles. The first-order chi connectivity index (χ1) is 7.59. The molecule has 1 atom stereocenters. The van der Waals surface area contributed by atoms with Gasteiger partial charge in [-0.1, -0.05) is 12.8 Å². The molecule has 1 unspecified atom stereocenters. The normalized spacial score (nSPS) is 26.1. The number of carbonyl (C=O) groups is 1. The van der Waals surface area contributed by atoms with Crippen LogP contribution in [0, 0.1) is 0 Å². The second-order valence-corrected chi connectivity index (χ2v) is 5.30.